The number of H-pyrrole nitrogens is 1. The monoisotopic (exact) mass is 331 g/mol. The van der Waals surface area contributed by atoms with Gasteiger partial charge in [0.25, 0.3) is 0 Å². The molecule has 1 aromatic heterocycles. The Morgan fingerprint density at radius 1 is 1.05 bits per heavy atom. The lowest BCUT2D eigenvalue weighted by molar-refractivity contribution is 0.286. The van der Waals surface area contributed by atoms with Gasteiger partial charge in [-0.25, -0.2) is 4.98 Å². The minimum Gasteiger partial charge on any atom is -0.342 e. The average molecular weight is 332 g/mol. The number of imidazole rings is 1. The van der Waals surface area contributed by atoms with Crippen molar-refractivity contribution in [3.05, 3.63) is 63.4 Å². The molecular formula is C17H15Cl2N3. The van der Waals surface area contributed by atoms with Crippen molar-refractivity contribution < 1.29 is 0 Å². The number of aromatic nitrogens is 2. The van der Waals surface area contributed by atoms with Crippen LogP contribution in [0.15, 0.2) is 36.4 Å². The molecule has 0 fully saturated rings. The van der Waals surface area contributed by atoms with Crippen molar-refractivity contribution in [2.45, 2.75) is 19.5 Å². The Kier molecular flexibility index (Phi) is 3.57. The molecular weight excluding hydrogens is 317 g/mol. The molecule has 3 aromatic rings. The van der Waals surface area contributed by atoms with Crippen LogP contribution in [-0.4, -0.2) is 21.4 Å². The molecule has 1 N–H and O–H groups in total. The summed E-state index contributed by atoms with van der Waals surface area (Å²) < 4.78 is 0. The Morgan fingerprint density at radius 2 is 1.73 bits per heavy atom. The second-order valence-electron chi connectivity index (χ2n) is 5.70. The molecule has 4 rings (SSSR count). The van der Waals surface area contributed by atoms with Gasteiger partial charge in [-0.05, 0) is 23.3 Å². The van der Waals surface area contributed by atoms with Crippen LogP contribution in [0.4, 0.5) is 0 Å². The Balaban J connectivity index is 1.47. The number of hydrogen-bond donors (Lipinski definition) is 1. The molecule has 1 aliphatic heterocycles. The number of rotatable bonds is 3. The van der Waals surface area contributed by atoms with Crippen LogP contribution in [0.5, 0.6) is 0 Å². The summed E-state index contributed by atoms with van der Waals surface area (Å²) in [4.78, 5) is 10.4. The summed E-state index contributed by atoms with van der Waals surface area (Å²) in [6, 6.07) is 12.3. The van der Waals surface area contributed by atoms with Gasteiger partial charge in [-0.15, -0.1) is 0 Å². The van der Waals surface area contributed by atoms with E-state index in [9.17, 15) is 0 Å². The Morgan fingerprint density at radius 3 is 2.45 bits per heavy atom. The SMILES string of the molecule is Clc1cc2nc(CCN3Cc4ccccc4C3)[nH]c2cc1Cl. The fourth-order valence-electron chi connectivity index (χ4n) is 3.00. The second-order valence-corrected chi connectivity index (χ2v) is 6.51. The molecule has 0 unspecified atom stereocenters. The molecule has 0 saturated heterocycles. The van der Waals surface area contributed by atoms with Crippen LogP contribution in [0, 0.1) is 0 Å². The summed E-state index contributed by atoms with van der Waals surface area (Å²) >= 11 is 12.1. The Labute approximate surface area is 138 Å². The molecule has 0 amide bonds. The summed E-state index contributed by atoms with van der Waals surface area (Å²) in [6.07, 6.45) is 0.887. The number of fused-ring (bicyclic) bond motifs is 2. The average Bonchev–Trinajstić information content (AvgIpc) is 3.08. The van der Waals surface area contributed by atoms with Gasteiger partial charge in [0, 0.05) is 26.1 Å². The van der Waals surface area contributed by atoms with Crippen molar-refractivity contribution >= 4 is 34.2 Å². The highest BCUT2D eigenvalue weighted by Crippen LogP contribution is 2.27. The van der Waals surface area contributed by atoms with Gasteiger partial charge in [0.1, 0.15) is 5.82 Å². The van der Waals surface area contributed by atoms with E-state index in [4.69, 9.17) is 23.2 Å². The lowest BCUT2D eigenvalue weighted by Gasteiger charge is -2.13. The van der Waals surface area contributed by atoms with Crippen molar-refractivity contribution in [1.82, 2.24) is 14.9 Å². The summed E-state index contributed by atoms with van der Waals surface area (Å²) in [6.45, 7) is 3.03. The van der Waals surface area contributed by atoms with Crippen LogP contribution in [0.3, 0.4) is 0 Å². The van der Waals surface area contributed by atoms with E-state index < -0.39 is 0 Å². The van der Waals surface area contributed by atoms with Crippen LogP contribution in [0.2, 0.25) is 10.0 Å². The van der Waals surface area contributed by atoms with E-state index in [1.165, 1.54) is 11.1 Å². The molecule has 0 spiro atoms. The highest BCUT2D eigenvalue weighted by atomic mass is 35.5. The molecule has 0 radical (unpaired) electrons. The van der Waals surface area contributed by atoms with Gasteiger partial charge in [0.15, 0.2) is 0 Å². The predicted molar refractivity (Wildman–Crippen MR) is 90.4 cm³/mol. The van der Waals surface area contributed by atoms with Crippen molar-refractivity contribution in [1.29, 1.82) is 0 Å². The second kappa shape index (κ2) is 5.58. The van der Waals surface area contributed by atoms with Crippen LogP contribution < -0.4 is 0 Å². The first-order valence-electron chi connectivity index (χ1n) is 7.32. The molecule has 2 heterocycles. The molecule has 3 nitrogen and oxygen atoms in total. The third-order valence-electron chi connectivity index (χ3n) is 4.14. The molecule has 5 heteroatoms. The highest BCUT2D eigenvalue weighted by Gasteiger charge is 2.18. The van der Waals surface area contributed by atoms with Crippen molar-refractivity contribution in [3.8, 4) is 0 Å². The quantitative estimate of drug-likeness (QED) is 0.769. The first-order valence-corrected chi connectivity index (χ1v) is 8.07. The topological polar surface area (TPSA) is 31.9 Å². The van der Waals surface area contributed by atoms with Gasteiger partial charge in [0.05, 0.1) is 21.1 Å². The smallest absolute Gasteiger partial charge is 0.108 e. The van der Waals surface area contributed by atoms with E-state index >= 15 is 0 Å². The number of aromatic amines is 1. The maximum Gasteiger partial charge on any atom is 0.108 e. The lowest BCUT2D eigenvalue weighted by atomic mass is 10.1. The van der Waals surface area contributed by atoms with Crippen LogP contribution in [-0.2, 0) is 19.5 Å². The van der Waals surface area contributed by atoms with E-state index in [1.54, 1.807) is 0 Å². The van der Waals surface area contributed by atoms with E-state index in [1.807, 2.05) is 12.1 Å². The van der Waals surface area contributed by atoms with Crippen LogP contribution in [0.1, 0.15) is 17.0 Å². The zero-order chi connectivity index (χ0) is 15.1. The number of benzene rings is 2. The Hall–Kier alpha value is -1.55. The maximum absolute atomic E-state index is 6.04. The van der Waals surface area contributed by atoms with E-state index in [0.29, 0.717) is 10.0 Å². The lowest BCUT2D eigenvalue weighted by Crippen LogP contribution is -2.19. The molecule has 1 aliphatic rings. The molecule has 2 aromatic carbocycles. The third kappa shape index (κ3) is 2.60. The largest absolute Gasteiger partial charge is 0.342 e. The van der Waals surface area contributed by atoms with Crippen molar-refractivity contribution in [2.24, 2.45) is 0 Å². The van der Waals surface area contributed by atoms with E-state index in [-0.39, 0.29) is 0 Å². The van der Waals surface area contributed by atoms with Gasteiger partial charge < -0.3 is 4.98 Å². The number of nitrogens with one attached hydrogen (secondary N) is 1. The van der Waals surface area contributed by atoms with Gasteiger partial charge in [-0.1, -0.05) is 47.5 Å². The number of nitrogens with zero attached hydrogens (tertiary/aromatic N) is 2. The molecule has 0 atom stereocenters. The molecule has 22 heavy (non-hydrogen) atoms. The predicted octanol–water partition coefficient (Wildman–Crippen LogP) is 4.43. The van der Waals surface area contributed by atoms with Gasteiger partial charge in [-0.3, -0.25) is 4.90 Å². The zero-order valence-corrected chi connectivity index (χ0v) is 13.5. The maximum atomic E-state index is 6.04. The van der Waals surface area contributed by atoms with Gasteiger partial charge in [0.2, 0.25) is 0 Å². The van der Waals surface area contributed by atoms with Crippen LogP contribution >= 0.6 is 23.2 Å². The summed E-state index contributed by atoms with van der Waals surface area (Å²) in [5, 5.41) is 1.10. The zero-order valence-electron chi connectivity index (χ0n) is 11.9. The minimum atomic E-state index is 0.544. The Bertz CT molecular complexity index is 777. The fourth-order valence-corrected chi connectivity index (χ4v) is 3.32. The van der Waals surface area contributed by atoms with E-state index in [2.05, 4.69) is 39.1 Å². The molecule has 112 valence electrons. The highest BCUT2D eigenvalue weighted by molar-refractivity contribution is 6.42. The van der Waals surface area contributed by atoms with Gasteiger partial charge >= 0.3 is 0 Å². The fraction of sp³-hybridized carbons (Fsp3) is 0.235. The van der Waals surface area contributed by atoms with Crippen LogP contribution in [0.25, 0.3) is 11.0 Å². The van der Waals surface area contributed by atoms with Gasteiger partial charge in [-0.2, -0.15) is 0 Å². The summed E-state index contributed by atoms with van der Waals surface area (Å²) in [5.41, 5.74) is 4.68. The molecule has 0 bridgehead atoms. The summed E-state index contributed by atoms with van der Waals surface area (Å²) in [7, 11) is 0. The van der Waals surface area contributed by atoms with Crippen molar-refractivity contribution in [3.63, 3.8) is 0 Å². The van der Waals surface area contributed by atoms with Crippen molar-refractivity contribution in [2.75, 3.05) is 6.54 Å². The minimum absolute atomic E-state index is 0.544. The number of hydrogen-bond acceptors (Lipinski definition) is 2. The molecule has 0 saturated carbocycles. The molecule has 0 aliphatic carbocycles. The van der Waals surface area contributed by atoms with E-state index in [0.717, 1.165) is 42.9 Å². The summed E-state index contributed by atoms with van der Waals surface area (Å²) in [5.74, 6) is 0.976. The third-order valence-corrected chi connectivity index (χ3v) is 4.87. The number of halogens is 2. The first-order chi connectivity index (χ1) is 10.7. The standard InChI is InChI=1S/C17H15Cl2N3/c18-13-7-15-16(8-14(13)19)21-17(20-15)5-6-22-9-11-3-1-2-4-12(11)10-22/h1-4,7-8H,5-6,9-10H2,(H,20,21). The normalized spacial score (nSPS) is 14.6. The first kappa shape index (κ1) is 14.1.